The van der Waals surface area contributed by atoms with Crippen LogP contribution in [0.4, 0.5) is 0 Å². The van der Waals surface area contributed by atoms with Crippen LogP contribution in [0.5, 0.6) is 0 Å². The zero-order valence-corrected chi connectivity index (χ0v) is 38.3. The average molecular weight is 813 g/mol. The summed E-state index contributed by atoms with van der Waals surface area (Å²) < 4.78 is 16.7. The fourth-order valence-electron chi connectivity index (χ4n) is 6.91. The smallest absolute Gasteiger partial charge is 0.306 e. The Kier molecular flexibility index (Phi) is 44.9. The lowest BCUT2D eigenvalue weighted by Crippen LogP contribution is -2.30. The zero-order chi connectivity index (χ0) is 42.3. The molecule has 0 rings (SSSR count). The molecular formula is C52H92O6. The second-order valence-corrected chi connectivity index (χ2v) is 16.4. The molecule has 1 atom stereocenters. The highest BCUT2D eigenvalue weighted by Crippen LogP contribution is 2.15. The zero-order valence-electron chi connectivity index (χ0n) is 38.3. The van der Waals surface area contributed by atoms with E-state index in [9.17, 15) is 14.4 Å². The Labute approximate surface area is 358 Å². The highest BCUT2D eigenvalue weighted by atomic mass is 16.6. The van der Waals surface area contributed by atoms with Gasteiger partial charge in [-0.15, -0.1) is 0 Å². The van der Waals surface area contributed by atoms with E-state index in [-0.39, 0.29) is 31.1 Å². The van der Waals surface area contributed by atoms with Gasteiger partial charge in [-0.05, 0) is 64.2 Å². The molecule has 6 nitrogen and oxygen atoms in total. The number of ether oxygens (including phenoxy) is 3. The lowest BCUT2D eigenvalue weighted by molar-refractivity contribution is -0.167. The maximum atomic E-state index is 12.7. The molecule has 0 aliphatic rings. The van der Waals surface area contributed by atoms with E-state index in [4.69, 9.17) is 14.2 Å². The highest BCUT2D eigenvalue weighted by molar-refractivity contribution is 5.71. The van der Waals surface area contributed by atoms with Crippen molar-refractivity contribution in [2.24, 2.45) is 0 Å². The fourth-order valence-corrected chi connectivity index (χ4v) is 6.91. The van der Waals surface area contributed by atoms with Crippen molar-refractivity contribution in [1.82, 2.24) is 0 Å². The summed E-state index contributed by atoms with van der Waals surface area (Å²) in [5.74, 6) is -0.906. The van der Waals surface area contributed by atoms with E-state index in [0.717, 1.165) is 83.5 Å². The number of esters is 3. The topological polar surface area (TPSA) is 78.9 Å². The molecule has 0 amide bonds. The Morgan fingerprint density at radius 1 is 0.362 bits per heavy atom. The molecule has 0 heterocycles. The molecule has 336 valence electrons. The van der Waals surface area contributed by atoms with Crippen LogP contribution in [0.3, 0.4) is 0 Å². The third-order valence-corrected chi connectivity index (χ3v) is 10.6. The second kappa shape index (κ2) is 47.1. The molecule has 0 aliphatic carbocycles. The maximum absolute atomic E-state index is 12.7. The van der Waals surface area contributed by atoms with E-state index in [0.29, 0.717) is 19.3 Å². The van der Waals surface area contributed by atoms with E-state index >= 15 is 0 Å². The number of hydrogen-bond donors (Lipinski definition) is 0. The van der Waals surface area contributed by atoms with Crippen LogP contribution in [-0.4, -0.2) is 37.2 Å². The number of unbranched alkanes of at least 4 members (excludes halogenated alkanes) is 27. The first kappa shape index (κ1) is 55.4. The Bertz CT molecular complexity index is 1030. The minimum atomic E-state index is -0.781. The predicted molar refractivity (Wildman–Crippen MR) is 247 cm³/mol. The molecule has 6 heteroatoms. The van der Waals surface area contributed by atoms with Crippen LogP contribution in [0, 0.1) is 0 Å². The Hall–Kier alpha value is -2.63. The lowest BCUT2D eigenvalue weighted by Gasteiger charge is -2.18. The molecule has 0 saturated carbocycles. The quantitative estimate of drug-likeness (QED) is 0.0200. The molecule has 0 radical (unpaired) electrons. The summed E-state index contributed by atoms with van der Waals surface area (Å²) in [6.45, 7) is 6.48. The summed E-state index contributed by atoms with van der Waals surface area (Å²) in [6, 6.07) is 0. The first-order chi connectivity index (χ1) is 28.5. The van der Waals surface area contributed by atoms with Gasteiger partial charge >= 0.3 is 17.9 Å². The Morgan fingerprint density at radius 2 is 0.690 bits per heavy atom. The molecular weight excluding hydrogens is 721 g/mol. The van der Waals surface area contributed by atoms with Crippen molar-refractivity contribution >= 4 is 17.9 Å². The van der Waals surface area contributed by atoms with Gasteiger partial charge in [-0.25, -0.2) is 0 Å². The highest BCUT2D eigenvalue weighted by Gasteiger charge is 2.19. The van der Waals surface area contributed by atoms with Crippen molar-refractivity contribution in [2.45, 2.75) is 252 Å². The summed E-state index contributed by atoms with van der Waals surface area (Å²) in [4.78, 5) is 37.8. The van der Waals surface area contributed by atoms with Crippen LogP contribution < -0.4 is 0 Å². The molecule has 0 bridgehead atoms. The SMILES string of the molecule is CC\C=C/C=C\C=C/CCCCCCCCCC(=O)OCC(COC(=O)CCCCCCCCCCCCC)OC(=O)CCCCC/C=C\CCCCCCCCC. The van der Waals surface area contributed by atoms with Crippen molar-refractivity contribution in [1.29, 1.82) is 0 Å². The normalized spacial score (nSPS) is 12.4. The minimum absolute atomic E-state index is 0.0811. The van der Waals surface area contributed by atoms with Gasteiger partial charge in [0.1, 0.15) is 13.2 Å². The molecule has 0 saturated heterocycles. The summed E-state index contributed by atoms with van der Waals surface area (Å²) in [5.41, 5.74) is 0. The molecule has 0 aromatic carbocycles. The standard InChI is InChI=1S/C52H92O6/c1-4-7-10-13-16-19-22-24-26-28-30-33-36-39-42-45-51(54)57-48-49(47-56-50(53)44-41-38-35-32-29-21-18-15-12-9-6-3)58-52(55)46-43-40-37-34-31-27-25-23-20-17-14-11-8-5-2/h7,10,13,16,19,22,27,31,49H,4-6,8-9,11-12,14-15,17-18,20-21,23-26,28-30,32-48H2,1-3H3/b10-7-,16-13-,22-19-,31-27-. The van der Waals surface area contributed by atoms with Crippen molar-refractivity contribution in [3.8, 4) is 0 Å². The number of hydrogen-bond acceptors (Lipinski definition) is 6. The average Bonchev–Trinajstić information content (AvgIpc) is 3.22. The monoisotopic (exact) mass is 813 g/mol. The van der Waals surface area contributed by atoms with Crippen molar-refractivity contribution in [3.63, 3.8) is 0 Å². The van der Waals surface area contributed by atoms with Gasteiger partial charge in [0, 0.05) is 19.3 Å². The molecule has 0 aliphatic heterocycles. The number of rotatable bonds is 44. The lowest BCUT2D eigenvalue weighted by atomic mass is 10.1. The molecule has 0 spiro atoms. The van der Waals surface area contributed by atoms with Crippen LogP contribution in [0.1, 0.15) is 245 Å². The second-order valence-electron chi connectivity index (χ2n) is 16.4. The van der Waals surface area contributed by atoms with Crippen LogP contribution in [0.2, 0.25) is 0 Å². The van der Waals surface area contributed by atoms with Crippen molar-refractivity contribution in [3.05, 3.63) is 48.6 Å². The first-order valence-corrected chi connectivity index (χ1v) is 24.7. The third kappa shape index (κ3) is 44.5. The van der Waals surface area contributed by atoms with Gasteiger partial charge in [0.15, 0.2) is 6.10 Å². The van der Waals surface area contributed by atoms with E-state index in [1.54, 1.807) is 0 Å². The van der Waals surface area contributed by atoms with Crippen molar-refractivity contribution < 1.29 is 28.6 Å². The fraction of sp³-hybridized carbons (Fsp3) is 0.788. The third-order valence-electron chi connectivity index (χ3n) is 10.6. The van der Waals surface area contributed by atoms with Crippen LogP contribution in [0.15, 0.2) is 48.6 Å². The van der Waals surface area contributed by atoms with Crippen LogP contribution in [-0.2, 0) is 28.6 Å². The molecule has 0 N–H and O–H groups in total. The van der Waals surface area contributed by atoms with E-state index in [2.05, 4.69) is 69.4 Å². The number of carbonyl (C=O) groups is 3. The Morgan fingerprint density at radius 3 is 1.10 bits per heavy atom. The number of allylic oxidation sites excluding steroid dienone is 8. The van der Waals surface area contributed by atoms with Gasteiger partial charge < -0.3 is 14.2 Å². The molecule has 58 heavy (non-hydrogen) atoms. The maximum Gasteiger partial charge on any atom is 0.306 e. The summed E-state index contributed by atoms with van der Waals surface area (Å²) in [5, 5.41) is 0. The summed E-state index contributed by atoms with van der Waals surface area (Å²) >= 11 is 0. The van der Waals surface area contributed by atoms with Crippen LogP contribution >= 0.6 is 0 Å². The molecule has 0 fully saturated rings. The van der Waals surface area contributed by atoms with E-state index in [1.165, 1.54) is 122 Å². The largest absolute Gasteiger partial charge is 0.462 e. The van der Waals surface area contributed by atoms with E-state index < -0.39 is 6.10 Å². The molecule has 1 unspecified atom stereocenters. The molecule has 0 aromatic rings. The first-order valence-electron chi connectivity index (χ1n) is 24.7. The predicted octanol–water partition coefficient (Wildman–Crippen LogP) is 15.9. The van der Waals surface area contributed by atoms with Crippen molar-refractivity contribution in [2.75, 3.05) is 13.2 Å². The minimum Gasteiger partial charge on any atom is -0.462 e. The number of carbonyl (C=O) groups excluding carboxylic acids is 3. The molecule has 0 aromatic heterocycles. The van der Waals surface area contributed by atoms with Gasteiger partial charge in [-0.1, -0.05) is 211 Å². The van der Waals surface area contributed by atoms with Gasteiger partial charge in [-0.2, -0.15) is 0 Å². The van der Waals surface area contributed by atoms with Gasteiger partial charge in [0.25, 0.3) is 0 Å². The summed E-state index contributed by atoms with van der Waals surface area (Å²) in [7, 11) is 0. The van der Waals surface area contributed by atoms with Crippen LogP contribution in [0.25, 0.3) is 0 Å². The van der Waals surface area contributed by atoms with Gasteiger partial charge in [-0.3, -0.25) is 14.4 Å². The summed E-state index contributed by atoms with van der Waals surface area (Å²) in [6.07, 6.45) is 55.2. The van der Waals surface area contributed by atoms with E-state index in [1.807, 2.05) is 0 Å². The van der Waals surface area contributed by atoms with Gasteiger partial charge in [0.05, 0.1) is 0 Å². The van der Waals surface area contributed by atoms with Gasteiger partial charge in [0.2, 0.25) is 0 Å². The Balaban J connectivity index is 4.40.